The first-order chi connectivity index (χ1) is 4.33. The summed E-state index contributed by atoms with van der Waals surface area (Å²) in [7, 11) is 0. The van der Waals surface area contributed by atoms with Gasteiger partial charge in [-0.05, 0) is 28.7 Å². The predicted molar refractivity (Wildman–Crippen MR) is 41.7 cm³/mol. The van der Waals surface area contributed by atoms with Gasteiger partial charge in [0.15, 0.2) is 0 Å². The third-order valence-corrected chi connectivity index (χ3v) is 1.42. The fourth-order valence-corrected chi connectivity index (χ4v) is 0.969. The van der Waals surface area contributed by atoms with E-state index in [9.17, 15) is 0 Å². The average molecular weight is 230 g/mol. The fraction of sp³-hybridized carbons (Fsp3) is 0. The molecule has 0 saturated carbocycles. The Bertz CT molecular complexity index is 251. The van der Waals surface area contributed by atoms with Crippen LogP contribution in [0.5, 0.6) is 0 Å². The van der Waals surface area contributed by atoms with Gasteiger partial charge < -0.3 is 0 Å². The molecule has 0 aliphatic rings. The summed E-state index contributed by atoms with van der Waals surface area (Å²) in [6, 6.07) is 3.79. The molecule has 3 heteroatoms. The van der Waals surface area contributed by atoms with Crippen molar-refractivity contribution in [1.29, 1.82) is 5.26 Å². The van der Waals surface area contributed by atoms with Crippen LogP contribution in [0.15, 0.2) is 18.5 Å². The predicted octanol–water partition coefficient (Wildman–Crippen LogP) is 1.56. The van der Waals surface area contributed by atoms with Crippen LogP contribution in [-0.4, -0.2) is 4.98 Å². The second-order valence-corrected chi connectivity index (χ2v) is 2.75. The van der Waals surface area contributed by atoms with Crippen molar-refractivity contribution in [3.8, 4) is 6.07 Å². The molecule has 0 aliphatic heterocycles. The van der Waals surface area contributed by atoms with Gasteiger partial charge in [-0.15, -0.1) is 0 Å². The number of nitriles is 1. The first-order valence-electron chi connectivity index (χ1n) is 2.33. The van der Waals surface area contributed by atoms with E-state index >= 15 is 0 Å². The lowest BCUT2D eigenvalue weighted by Crippen LogP contribution is -1.78. The standard InChI is InChI=1S/C6H3IN2/c7-6-1-5(2-8)3-9-4-6/h1,3-4H. The first-order valence-corrected chi connectivity index (χ1v) is 3.41. The molecule has 2 nitrogen and oxygen atoms in total. The van der Waals surface area contributed by atoms with E-state index < -0.39 is 0 Å². The molecule has 0 fully saturated rings. The molecule has 0 unspecified atom stereocenters. The van der Waals surface area contributed by atoms with E-state index in [0.29, 0.717) is 5.56 Å². The van der Waals surface area contributed by atoms with Gasteiger partial charge >= 0.3 is 0 Å². The van der Waals surface area contributed by atoms with Gasteiger partial charge in [0.05, 0.1) is 5.56 Å². The molecule has 0 bridgehead atoms. The van der Waals surface area contributed by atoms with Crippen LogP contribution in [0.1, 0.15) is 5.56 Å². The topological polar surface area (TPSA) is 36.7 Å². The molecule has 1 heterocycles. The van der Waals surface area contributed by atoms with Crippen LogP contribution < -0.4 is 0 Å². The molecule has 0 atom stereocenters. The molecule has 9 heavy (non-hydrogen) atoms. The molecule has 0 radical (unpaired) electrons. The fourth-order valence-electron chi connectivity index (χ4n) is 0.473. The highest BCUT2D eigenvalue weighted by Gasteiger charge is 1.88. The maximum absolute atomic E-state index is 8.37. The number of hydrogen-bond donors (Lipinski definition) is 0. The van der Waals surface area contributed by atoms with E-state index in [4.69, 9.17) is 5.26 Å². The number of rotatable bonds is 0. The minimum Gasteiger partial charge on any atom is -0.262 e. The number of pyridine rings is 1. The molecule has 1 rings (SSSR count). The van der Waals surface area contributed by atoms with Gasteiger partial charge in [0, 0.05) is 16.0 Å². The van der Waals surface area contributed by atoms with Crippen molar-refractivity contribution in [1.82, 2.24) is 4.98 Å². The minimum atomic E-state index is 0.613. The lowest BCUT2D eigenvalue weighted by molar-refractivity contribution is 1.28. The number of nitrogens with zero attached hydrogens (tertiary/aromatic N) is 2. The maximum atomic E-state index is 8.37. The summed E-state index contributed by atoms with van der Waals surface area (Å²) in [5, 5.41) is 8.37. The molecule has 44 valence electrons. The number of halogens is 1. The second kappa shape index (κ2) is 2.78. The Morgan fingerprint density at radius 2 is 2.33 bits per heavy atom. The van der Waals surface area contributed by atoms with Gasteiger partial charge in [-0.3, -0.25) is 4.98 Å². The van der Waals surface area contributed by atoms with Gasteiger partial charge in [-0.1, -0.05) is 0 Å². The first kappa shape index (κ1) is 6.49. The molecule has 0 saturated heterocycles. The van der Waals surface area contributed by atoms with Crippen LogP contribution in [0.3, 0.4) is 0 Å². The normalized spacial score (nSPS) is 8.44. The molecular weight excluding hydrogens is 227 g/mol. The third-order valence-electron chi connectivity index (χ3n) is 0.834. The van der Waals surface area contributed by atoms with Crippen molar-refractivity contribution >= 4 is 22.6 Å². The summed E-state index contributed by atoms with van der Waals surface area (Å²) in [4.78, 5) is 3.83. The van der Waals surface area contributed by atoms with Crippen LogP contribution in [-0.2, 0) is 0 Å². The van der Waals surface area contributed by atoms with Gasteiger partial charge in [0.25, 0.3) is 0 Å². The van der Waals surface area contributed by atoms with Crippen molar-refractivity contribution in [3.63, 3.8) is 0 Å². The Morgan fingerprint density at radius 1 is 1.56 bits per heavy atom. The third kappa shape index (κ3) is 1.64. The Hall–Kier alpha value is -0.630. The zero-order valence-electron chi connectivity index (χ0n) is 4.50. The summed E-state index contributed by atoms with van der Waals surface area (Å²) in [6.07, 6.45) is 3.25. The van der Waals surface area contributed by atoms with Crippen molar-refractivity contribution in [2.24, 2.45) is 0 Å². The smallest absolute Gasteiger partial charge is 0.101 e. The van der Waals surface area contributed by atoms with E-state index in [2.05, 4.69) is 27.6 Å². The van der Waals surface area contributed by atoms with Gasteiger partial charge in [-0.2, -0.15) is 5.26 Å². The Labute approximate surface area is 66.7 Å². The molecular formula is C6H3IN2. The van der Waals surface area contributed by atoms with Gasteiger partial charge in [-0.25, -0.2) is 0 Å². The molecule has 0 aliphatic carbocycles. The highest BCUT2D eigenvalue weighted by atomic mass is 127. The molecule has 0 spiro atoms. The Balaban J connectivity index is 3.12. The van der Waals surface area contributed by atoms with Crippen LogP contribution >= 0.6 is 22.6 Å². The summed E-state index contributed by atoms with van der Waals surface area (Å²) < 4.78 is 0.992. The Morgan fingerprint density at radius 3 is 2.78 bits per heavy atom. The van der Waals surface area contributed by atoms with Crippen molar-refractivity contribution in [3.05, 3.63) is 27.6 Å². The van der Waals surface area contributed by atoms with E-state index in [1.165, 1.54) is 0 Å². The molecule has 0 N–H and O–H groups in total. The number of aromatic nitrogens is 1. The minimum absolute atomic E-state index is 0.613. The van der Waals surface area contributed by atoms with Gasteiger partial charge in [0.2, 0.25) is 0 Å². The highest BCUT2D eigenvalue weighted by molar-refractivity contribution is 14.1. The lowest BCUT2D eigenvalue weighted by atomic mass is 10.3. The summed E-state index contributed by atoms with van der Waals surface area (Å²) in [5.74, 6) is 0. The van der Waals surface area contributed by atoms with Crippen LogP contribution in [0.2, 0.25) is 0 Å². The van der Waals surface area contributed by atoms with Crippen molar-refractivity contribution < 1.29 is 0 Å². The van der Waals surface area contributed by atoms with Crippen LogP contribution in [0, 0.1) is 14.9 Å². The maximum Gasteiger partial charge on any atom is 0.101 e. The van der Waals surface area contributed by atoms with Crippen LogP contribution in [0.25, 0.3) is 0 Å². The molecule has 0 aromatic carbocycles. The van der Waals surface area contributed by atoms with Crippen LogP contribution in [0.4, 0.5) is 0 Å². The SMILES string of the molecule is N#Cc1cncc(I)c1. The molecule has 1 aromatic heterocycles. The summed E-state index contributed by atoms with van der Waals surface area (Å²) in [6.45, 7) is 0. The Kier molecular flexibility index (Phi) is 2.01. The number of hydrogen-bond acceptors (Lipinski definition) is 2. The molecule has 1 aromatic rings. The van der Waals surface area contributed by atoms with E-state index in [1.54, 1.807) is 18.5 Å². The monoisotopic (exact) mass is 230 g/mol. The lowest BCUT2D eigenvalue weighted by Gasteiger charge is -1.86. The van der Waals surface area contributed by atoms with Crippen molar-refractivity contribution in [2.75, 3.05) is 0 Å². The quantitative estimate of drug-likeness (QED) is 0.634. The largest absolute Gasteiger partial charge is 0.262 e. The van der Waals surface area contributed by atoms with Gasteiger partial charge in [0.1, 0.15) is 6.07 Å². The zero-order valence-corrected chi connectivity index (χ0v) is 6.66. The van der Waals surface area contributed by atoms with E-state index in [0.717, 1.165) is 3.57 Å². The second-order valence-electron chi connectivity index (χ2n) is 1.50. The summed E-state index contributed by atoms with van der Waals surface area (Å²) in [5.41, 5.74) is 0.613. The summed E-state index contributed by atoms with van der Waals surface area (Å²) >= 11 is 2.12. The van der Waals surface area contributed by atoms with Crippen molar-refractivity contribution in [2.45, 2.75) is 0 Å². The highest BCUT2D eigenvalue weighted by Crippen LogP contribution is 2.03. The van der Waals surface area contributed by atoms with E-state index in [1.807, 2.05) is 6.07 Å². The molecule has 0 amide bonds. The van der Waals surface area contributed by atoms with E-state index in [-0.39, 0.29) is 0 Å². The average Bonchev–Trinajstić information content (AvgIpc) is 1.88. The zero-order chi connectivity index (χ0) is 6.69.